The molecule has 6 heteroatoms. The third-order valence-electron chi connectivity index (χ3n) is 3.41. The minimum absolute atomic E-state index is 0.200. The second kappa shape index (κ2) is 4.45. The second-order valence-corrected chi connectivity index (χ2v) is 5.59. The summed E-state index contributed by atoms with van der Waals surface area (Å²) in [6.45, 7) is 0. The largest absolute Gasteiger partial charge is 0.296 e. The monoisotopic (exact) mass is 321 g/mol. The minimum Gasteiger partial charge on any atom is -0.296 e. The van der Waals surface area contributed by atoms with Crippen molar-refractivity contribution in [2.75, 3.05) is 0 Å². The van der Waals surface area contributed by atoms with Gasteiger partial charge in [0.1, 0.15) is 0 Å². The molecule has 2 aromatic rings. The lowest BCUT2D eigenvalue weighted by Crippen LogP contribution is -2.40. The Morgan fingerprint density at radius 2 is 2.21 bits per heavy atom. The lowest BCUT2D eigenvalue weighted by atomic mass is 9.92. The molecule has 0 saturated carbocycles. The molecule has 1 unspecified atom stereocenters. The Morgan fingerprint density at radius 3 is 2.95 bits per heavy atom. The van der Waals surface area contributed by atoms with E-state index in [1.165, 1.54) is 0 Å². The van der Waals surface area contributed by atoms with Crippen LogP contribution in [-0.4, -0.2) is 21.6 Å². The number of carbonyl (C=O) groups excluding carboxylic acids is 2. The first-order valence-electron chi connectivity index (χ1n) is 6.02. The first-order chi connectivity index (χ1) is 9.06. The highest BCUT2D eigenvalue weighted by molar-refractivity contribution is 9.10. The van der Waals surface area contributed by atoms with Crippen molar-refractivity contribution in [3.8, 4) is 0 Å². The topological polar surface area (TPSA) is 64.0 Å². The van der Waals surface area contributed by atoms with E-state index >= 15 is 0 Å². The maximum absolute atomic E-state index is 12.0. The van der Waals surface area contributed by atoms with Crippen LogP contribution in [0.4, 0.5) is 0 Å². The van der Waals surface area contributed by atoms with Crippen molar-refractivity contribution in [3.63, 3.8) is 0 Å². The summed E-state index contributed by atoms with van der Waals surface area (Å²) in [5.74, 6) is -0.753. The lowest BCUT2D eigenvalue weighted by molar-refractivity contribution is -0.134. The van der Waals surface area contributed by atoms with Crippen molar-refractivity contribution in [2.45, 2.75) is 18.8 Å². The summed E-state index contributed by atoms with van der Waals surface area (Å²) >= 11 is 3.43. The summed E-state index contributed by atoms with van der Waals surface area (Å²) in [7, 11) is 1.83. The Labute approximate surface area is 118 Å². The molecule has 1 aliphatic heterocycles. The molecule has 3 rings (SSSR count). The van der Waals surface area contributed by atoms with Gasteiger partial charge < -0.3 is 0 Å². The van der Waals surface area contributed by atoms with Gasteiger partial charge >= 0.3 is 0 Å². The van der Waals surface area contributed by atoms with E-state index in [9.17, 15) is 9.59 Å². The number of hydrogen-bond acceptors (Lipinski definition) is 3. The summed E-state index contributed by atoms with van der Waals surface area (Å²) in [5.41, 5.74) is 1.71. The number of piperidine rings is 1. The number of carbonyl (C=O) groups is 2. The first kappa shape index (κ1) is 12.3. The third kappa shape index (κ3) is 2.06. The van der Waals surface area contributed by atoms with E-state index in [1.807, 2.05) is 25.2 Å². The van der Waals surface area contributed by atoms with Crippen molar-refractivity contribution in [3.05, 3.63) is 28.4 Å². The van der Waals surface area contributed by atoms with E-state index in [1.54, 1.807) is 4.68 Å². The number of aromatic nitrogens is 2. The number of nitrogens with one attached hydrogen (secondary N) is 1. The fourth-order valence-electron chi connectivity index (χ4n) is 2.56. The number of nitrogens with zero attached hydrogens (tertiary/aromatic N) is 2. The number of fused-ring (bicyclic) bond motifs is 1. The predicted molar refractivity (Wildman–Crippen MR) is 73.5 cm³/mol. The Kier molecular flexibility index (Phi) is 2.89. The standard InChI is InChI=1S/C13H12BrN3O2/c1-17-12(8-3-5-11(18)15-13(8)19)9-6-7(14)2-4-10(9)16-17/h2,4,6,8H,3,5H2,1H3,(H,15,18,19). The van der Waals surface area contributed by atoms with Crippen LogP contribution < -0.4 is 5.32 Å². The van der Waals surface area contributed by atoms with Crippen molar-refractivity contribution < 1.29 is 9.59 Å². The lowest BCUT2D eigenvalue weighted by Gasteiger charge is -2.21. The van der Waals surface area contributed by atoms with E-state index in [4.69, 9.17) is 0 Å². The van der Waals surface area contributed by atoms with Gasteiger partial charge in [-0.25, -0.2) is 0 Å². The molecule has 1 saturated heterocycles. The maximum atomic E-state index is 12.0. The molecule has 1 aromatic carbocycles. The summed E-state index contributed by atoms with van der Waals surface area (Å²) in [4.78, 5) is 23.2. The molecule has 1 aromatic heterocycles. The molecule has 5 nitrogen and oxygen atoms in total. The molecule has 2 amide bonds. The van der Waals surface area contributed by atoms with Crippen molar-refractivity contribution >= 4 is 38.6 Å². The zero-order valence-corrected chi connectivity index (χ0v) is 11.9. The van der Waals surface area contributed by atoms with Gasteiger partial charge in [0, 0.05) is 23.3 Å². The van der Waals surface area contributed by atoms with Gasteiger partial charge in [-0.15, -0.1) is 0 Å². The van der Waals surface area contributed by atoms with Gasteiger partial charge in [0.05, 0.1) is 17.1 Å². The Bertz CT molecular complexity index is 692. The molecular formula is C13H12BrN3O2. The van der Waals surface area contributed by atoms with Crippen molar-refractivity contribution in [2.24, 2.45) is 7.05 Å². The van der Waals surface area contributed by atoms with Gasteiger partial charge in [0.15, 0.2) is 0 Å². The SMILES string of the molecule is Cn1nc2ccc(Br)cc2c1C1CCC(=O)NC1=O. The van der Waals surface area contributed by atoms with Crippen LogP contribution >= 0.6 is 15.9 Å². The fraction of sp³-hybridized carbons (Fsp3) is 0.308. The summed E-state index contributed by atoms with van der Waals surface area (Å²) in [6, 6.07) is 5.79. The number of amides is 2. The average molecular weight is 322 g/mol. The van der Waals surface area contributed by atoms with E-state index < -0.39 is 0 Å². The van der Waals surface area contributed by atoms with Gasteiger partial charge in [-0.05, 0) is 24.6 Å². The van der Waals surface area contributed by atoms with Crippen LogP contribution in [0.2, 0.25) is 0 Å². The highest BCUT2D eigenvalue weighted by Crippen LogP contribution is 2.31. The highest BCUT2D eigenvalue weighted by Gasteiger charge is 2.31. The maximum Gasteiger partial charge on any atom is 0.235 e. The van der Waals surface area contributed by atoms with Gasteiger partial charge in [-0.1, -0.05) is 15.9 Å². The van der Waals surface area contributed by atoms with Crippen LogP contribution in [0.3, 0.4) is 0 Å². The smallest absolute Gasteiger partial charge is 0.235 e. The number of halogens is 1. The van der Waals surface area contributed by atoms with E-state index in [0.717, 1.165) is 21.1 Å². The number of hydrogen-bond donors (Lipinski definition) is 1. The molecular weight excluding hydrogens is 310 g/mol. The minimum atomic E-state index is -0.318. The predicted octanol–water partition coefficient (Wildman–Crippen LogP) is 1.86. The summed E-state index contributed by atoms with van der Waals surface area (Å²) in [5, 5.41) is 7.76. The highest BCUT2D eigenvalue weighted by atomic mass is 79.9. The van der Waals surface area contributed by atoms with E-state index in [2.05, 4.69) is 26.3 Å². The van der Waals surface area contributed by atoms with Crippen LogP contribution in [0.25, 0.3) is 10.9 Å². The van der Waals surface area contributed by atoms with Gasteiger partial charge in [-0.3, -0.25) is 19.6 Å². The van der Waals surface area contributed by atoms with Crippen LogP contribution in [0.15, 0.2) is 22.7 Å². The third-order valence-corrected chi connectivity index (χ3v) is 3.90. The quantitative estimate of drug-likeness (QED) is 0.815. The first-order valence-corrected chi connectivity index (χ1v) is 6.81. The molecule has 1 aliphatic rings. The Morgan fingerprint density at radius 1 is 1.42 bits per heavy atom. The molecule has 2 heterocycles. The molecule has 1 fully saturated rings. The van der Waals surface area contributed by atoms with Crippen molar-refractivity contribution in [1.29, 1.82) is 0 Å². The fourth-order valence-corrected chi connectivity index (χ4v) is 2.92. The molecule has 0 spiro atoms. The van der Waals surface area contributed by atoms with Crippen LogP contribution in [0.5, 0.6) is 0 Å². The van der Waals surface area contributed by atoms with Crippen LogP contribution in [0, 0.1) is 0 Å². The zero-order valence-electron chi connectivity index (χ0n) is 10.3. The van der Waals surface area contributed by atoms with Crippen LogP contribution in [-0.2, 0) is 16.6 Å². The normalized spacial score (nSPS) is 19.8. The molecule has 98 valence electrons. The Balaban J connectivity index is 2.14. The number of imide groups is 1. The Hall–Kier alpha value is -1.69. The van der Waals surface area contributed by atoms with Gasteiger partial charge in [0.25, 0.3) is 0 Å². The number of aryl methyl sites for hydroxylation is 1. The van der Waals surface area contributed by atoms with Crippen LogP contribution in [0.1, 0.15) is 24.5 Å². The summed E-state index contributed by atoms with van der Waals surface area (Å²) < 4.78 is 2.68. The molecule has 19 heavy (non-hydrogen) atoms. The summed E-state index contributed by atoms with van der Waals surface area (Å²) in [6.07, 6.45) is 0.906. The van der Waals surface area contributed by atoms with E-state index in [0.29, 0.717) is 12.8 Å². The zero-order chi connectivity index (χ0) is 13.6. The van der Waals surface area contributed by atoms with E-state index in [-0.39, 0.29) is 17.7 Å². The van der Waals surface area contributed by atoms with Gasteiger partial charge in [0.2, 0.25) is 11.8 Å². The molecule has 0 aliphatic carbocycles. The molecule has 1 N–H and O–H groups in total. The number of benzene rings is 1. The average Bonchev–Trinajstić information content (AvgIpc) is 2.65. The molecule has 1 atom stereocenters. The van der Waals surface area contributed by atoms with Gasteiger partial charge in [-0.2, -0.15) is 5.10 Å². The molecule has 0 bridgehead atoms. The molecule has 0 radical (unpaired) electrons. The second-order valence-electron chi connectivity index (χ2n) is 4.67. The number of rotatable bonds is 1. The van der Waals surface area contributed by atoms with Crippen molar-refractivity contribution in [1.82, 2.24) is 15.1 Å².